The Morgan fingerprint density at radius 1 is 1.28 bits per heavy atom. The first-order valence-corrected chi connectivity index (χ1v) is 5.88. The maximum absolute atomic E-state index is 12.1. The van der Waals surface area contributed by atoms with E-state index in [9.17, 15) is 22.8 Å². The first-order chi connectivity index (χ1) is 8.30. The second-order valence-corrected chi connectivity index (χ2v) is 4.92. The van der Waals surface area contributed by atoms with Gasteiger partial charge in [0.25, 0.3) is 0 Å². The molecule has 4 nitrogen and oxygen atoms in total. The number of rotatable bonds is 2. The van der Waals surface area contributed by atoms with Gasteiger partial charge in [-0.1, -0.05) is 0 Å². The highest BCUT2D eigenvalue weighted by Gasteiger charge is 2.40. The lowest BCUT2D eigenvalue weighted by molar-refractivity contribution is -0.167. The molecule has 0 unspecified atom stereocenters. The van der Waals surface area contributed by atoms with E-state index in [0.717, 1.165) is 22.6 Å². The number of fused-ring (bicyclic) bond motifs is 1. The summed E-state index contributed by atoms with van der Waals surface area (Å²) in [6.45, 7) is 0. The van der Waals surface area contributed by atoms with Crippen LogP contribution in [0.15, 0.2) is 0 Å². The van der Waals surface area contributed by atoms with Crippen LogP contribution in [-0.4, -0.2) is 23.2 Å². The maximum Gasteiger partial charge on any atom is 0.471 e. The van der Waals surface area contributed by atoms with Crippen molar-refractivity contribution in [3.8, 4) is 0 Å². The summed E-state index contributed by atoms with van der Waals surface area (Å²) in [5.41, 5.74) is 0.343. The van der Waals surface area contributed by atoms with Gasteiger partial charge in [0, 0.05) is 4.88 Å². The summed E-state index contributed by atoms with van der Waals surface area (Å²) >= 11 is 0.909. The number of amides is 1. The van der Waals surface area contributed by atoms with Gasteiger partial charge >= 0.3 is 18.1 Å². The number of carbonyl (C=O) groups excluding carboxylic acids is 1. The molecule has 0 bridgehead atoms. The molecule has 0 saturated carbocycles. The minimum Gasteiger partial charge on any atom is -0.478 e. The van der Waals surface area contributed by atoms with Crippen LogP contribution in [0, 0.1) is 0 Å². The number of aromatic carboxylic acids is 1. The molecule has 1 aliphatic carbocycles. The van der Waals surface area contributed by atoms with Crippen molar-refractivity contribution >= 4 is 28.2 Å². The average molecular weight is 279 g/mol. The molecule has 0 aromatic carbocycles. The fourth-order valence-corrected chi connectivity index (χ4v) is 3.17. The lowest BCUT2D eigenvalue weighted by Gasteiger charge is -2.07. The van der Waals surface area contributed by atoms with Crippen LogP contribution >= 0.6 is 11.3 Å². The minimum atomic E-state index is -5.02. The Kier molecular flexibility index (Phi) is 3.05. The Hall–Kier alpha value is -1.57. The second-order valence-electron chi connectivity index (χ2n) is 3.82. The van der Waals surface area contributed by atoms with Gasteiger partial charge in [-0.3, -0.25) is 4.79 Å². The number of nitrogens with one attached hydrogen (secondary N) is 1. The van der Waals surface area contributed by atoms with E-state index in [4.69, 9.17) is 5.11 Å². The third-order valence-corrected chi connectivity index (χ3v) is 3.83. The van der Waals surface area contributed by atoms with Gasteiger partial charge in [-0.05, 0) is 24.8 Å². The number of anilines is 1. The first-order valence-electron chi connectivity index (χ1n) is 5.06. The molecule has 8 heteroatoms. The van der Waals surface area contributed by atoms with Crippen molar-refractivity contribution in [2.45, 2.75) is 25.4 Å². The fraction of sp³-hybridized carbons (Fsp3) is 0.400. The molecule has 0 fully saturated rings. The number of hydrogen-bond acceptors (Lipinski definition) is 3. The maximum atomic E-state index is 12.1. The number of thiophene rings is 1. The van der Waals surface area contributed by atoms with E-state index < -0.39 is 18.1 Å². The predicted molar refractivity (Wildman–Crippen MR) is 58.0 cm³/mol. The van der Waals surface area contributed by atoms with Crippen molar-refractivity contribution in [1.82, 2.24) is 0 Å². The van der Waals surface area contributed by atoms with Crippen LogP contribution in [0.3, 0.4) is 0 Å². The Bertz CT molecular complexity index is 521. The van der Waals surface area contributed by atoms with Crippen molar-refractivity contribution in [3.63, 3.8) is 0 Å². The molecule has 2 rings (SSSR count). The molecule has 1 aromatic rings. The molecular weight excluding hydrogens is 271 g/mol. The summed E-state index contributed by atoms with van der Waals surface area (Å²) in [4.78, 5) is 22.6. The quantitative estimate of drug-likeness (QED) is 0.873. The summed E-state index contributed by atoms with van der Waals surface area (Å²) in [5.74, 6) is -3.46. The van der Waals surface area contributed by atoms with Crippen molar-refractivity contribution < 1.29 is 27.9 Å². The SMILES string of the molecule is O=C(O)c1c(NC(=O)C(F)(F)F)sc2c1CCC2. The predicted octanol–water partition coefficient (Wildman–Crippen LogP) is 2.44. The third kappa shape index (κ3) is 2.20. The zero-order chi connectivity index (χ0) is 13.5. The Balaban J connectivity index is 2.35. The molecule has 1 aromatic heterocycles. The number of halogens is 3. The average Bonchev–Trinajstić information content (AvgIpc) is 2.74. The largest absolute Gasteiger partial charge is 0.478 e. The number of aryl methyl sites for hydroxylation is 1. The monoisotopic (exact) mass is 279 g/mol. The lowest BCUT2D eigenvalue weighted by Crippen LogP contribution is -2.30. The highest BCUT2D eigenvalue weighted by molar-refractivity contribution is 7.17. The van der Waals surface area contributed by atoms with Gasteiger partial charge in [0.15, 0.2) is 0 Å². The topological polar surface area (TPSA) is 66.4 Å². The van der Waals surface area contributed by atoms with E-state index in [2.05, 4.69) is 0 Å². The van der Waals surface area contributed by atoms with Gasteiger partial charge in [-0.15, -0.1) is 11.3 Å². The van der Waals surface area contributed by atoms with Crippen LogP contribution in [0.25, 0.3) is 0 Å². The summed E-state index contributed by atoms with van der Waals surface area (Å²) in [7, 11) is 0. The number of carboxylic acid groups (broad SMARTS) is 1. The molecule has 1 aliphatic rings. The van der Waals surface area contributed by atoms with E-state index in [1.807, 2.05) is 0 Å². The number of alkyl halides is 3. The summed E-state index contributed by atoms with van der Waals surface area (Å²) in [6.07, 6.45) is -3.07. The van der Waals surface area contributed by atoms with Gasteiger partial charge in [0.2, 0.25) is 0 Å². The molecule has 18 heavy (non-hydrogen) atoms. The van der Waals surface area contributed by atoms with E-state index in [1.165, 1.54) is 0 Å². The minimum absolute atomic E-state index is 0.204. The van der Waals surface area contributed by atoms with Crippen LogP contribution in [-0.2, 0) is 17.6 Å². The molecule has 2 N–H and O–H groups in total. The lowest BCUT2D eigenvalue weighted by atomic mass is 10.1. The van der Waals surface area contributed by atoms with E-state index in [0.29, 0.717) is 18.4 Å². The molecule has 1 amide bonds. The molecule has 0 spiro atoms. The molecule has 98 valence electrons. The van der Waals surface area contributed by atoms with Crippen molar-refractivity contribution in [2.24, 2.45) is 0 Å². The van der Waals surface area contributed by atoms with Crippen molar-refractivity contribution in [2.75, 3.05) is 5.32 Å². The second kappa shape index (κ2) is 4.27. The van der Waals surface area contributed by atoms with Crippen LogP contribution in [0.1, 0.15) is 27.2 Å². The zero-order valence-corrected chi connectivity index (χ0v) is 9.74. The van der Waals surface area contributed by atoms with Crippen LogP contribution in [0.2, 0.25) is 0 Å². The molecule has 0 saturated heterocycles. The Labute approximate surface area is 103 Å². The summed E-state index contributed by atoms with van der Waals surface area (Å²) in [6, 6.07) is 0. The molecule has 0 radical (unpaired) electrons. The number of carbonyl (C=O) groups is 2. The normalized spacial score (nSPS) is 14.4. The zero-order valence-electron chi connectivity index (χ0n) is 8.93. The molecular formula is C10H8F3NO3S. The fourth-order valence-electron chi connectivity index (χ4n) is 1.89. The van der Waals surface area contributed by atoms with E-state index >= 15 is 0 Å². The van der Waals surface area contributed by atoms with Crippen LogP contribution < -0.4 is 5.32 Å². The Morgan fingerprint density at radius 2 is 1.94 bits per heavy atom. The van der Waals surface area contributed by atoms with Crippen LogP contribution in [0.4, 0.5) is 18.2 Å². The van der Waals surface area contributed by atoms with E-state index in [-0.39, 0.29) is 10.6 Å². The highest BCUT2D eigenvalue weighted by Crippen LogP contribution is 2.39. The summed E-state index contributed by atoms with van der Waals surface area (Å²) in [5, 5.41) is 10.4. The van der Waals surface area contributed by atoms with Gasteiger partial charge in [-0.2, -0.15) is 13.2 Å². The first kappa shape index (κ1) is 12.9. The molecule has 0 atom stereocenters. The van der Waals surface area contributed by atoms with Crippen molar-refractivity contribution in [1.29, 1.82) is 0 Å². The number of carboxylic acids is 1. The van der Waals surface area contributed by atoms with Crippen LogP contribution in [0.5, 0.6) is 0 Å². The van der Waals surface area contributed by atoms with Gasteiger partial charge in [0.05, 0.1) is 5.56 Å². The highest BCUT2D eigenvalue weighted by atomic mass is 32.1. The summed E-state index contributed by atoms with van der Waals surface area (Å²) < 4.78 is 36.3. The van der Waals surface area contributed by atoms with E-state index in [1.54, 1.807) is 5.32 Å². The molecule has 0 aliphatic heterocycles. The van der Waals surface area contributed by atoms with Gasteiger partial charge < -0.3 is 10.4 Å². The third-order valence-electron chi connectivity index (χ3n) is 2.62. The standard InChI is InChI=1S/C10H8F3NO3S/c11-10(12,13)9(17)14-7-6(8(15)16)4-2-1-3-5(4)18-7/h1-3H2,(H,14,17)(H,15,16). The van der Waals surface area contributed by atoms with Gasteiger partial charge in [-0.25, -0.2) is 4.79 Å². The van der Waals surface area contributed by atoms with Crippen molar-refractivity contribution in [3.05, 3.63) is 16.0 Å². The smallest absolute Gasteiger partial charge is 0.471 e. The Morgan fingerprint density at radius 3 is 2.50 bits per heavy atom. The molecule has 1 heterocycles. The van der Waals surface area contributed by atoms with Gasteiger partial charge in [0.1, 0.15) is 5.00 Å². The number of hydrogen-bond donors (Lipinski definition) is 2.